The van der Waals surface area contributed by atoms with Crippen LogP contribution in [0, 0.1) is 17.8 Å². The third-order valence-corrected chi connectivity index (χ3v) is 4.29. The predicted molar refractivity (Wildman–Crippen MR) is 61.1 cm³/mol. The predicted octanol–water partition coefficient (Wildman–Crippen LogP) is 3.33. The summed E-state index contributed by atoms with van der Waals surface area (Å²) in [4.78, 5) is 0. The van der Waals surface area contributed by atoms with E-state index < -0.39 is 0 Å². The van der Waals surface area contributed by atoms with Crippen molar-refractivity contribution in [2.75, 3.05) is 0 Å². The summed E-state index contributed by atoms with van der Waals surface area (Å²) in [5.41, 5.74) is 5.96. The molecule has 2 aliphatic carbocycles. The summed E-state index contributed by atoms with van der Waals surface area (Å²) in [6.45, 7) is 2.42. The van der Waals surface area contributed by atoms with Crippen LogP contribution in [0.3, 0.4) is 0 Å². The minimum absolute atomic E-state index is 0.529. The van der Waals surface area contributed by atoms with Gasteiger partial charge < -0.3 is 5.73 Å². The highest BCUT2D eigenvalue weighted by molar-refractivity contribution is 4.81. The summed E-state index contributed by atoms with van der Waals surface area (Å²) < 4.78 is 0. The average molecular weight is 195 g/mol. The van der Waals surface area contributed by atoms with E-state index in [2.05, 4.69) is 6.92 Å². The van der Waals surface area contributed by atoms with E-state index in [0.29, 0.717) is 6.04 Å². The van der Waals surface area contributed by atoms with Crippen molar-refractivity contribution < 1.29 is 0 Å². The molecule has 82 valence electrons. The van der Waals surface area contributed by atoms with E-state index in [1.54, 1.807) is 0 Å². The van der Waals surface area contributed by atoms with Crippen LogP contribution in [-0.4, -0.2) is 6.04 Å². The van der Waals surface area contributed by atoms with Gasteiger partial charge >= 0.3 is 0 Å². The molecule has 0 amide bonds. The molecule has 0 saturated heterocycles. The maximum atomic E-state index is 5.96. The molecule has 4 atom stereocenters. The van der Waals surface area contributed by atoms with E-state index in [0.717, 1.165) is 17.8 Å². The van der Waals surface area contributed by atoms with Crippen molar-refractivity contribution in [3.63, 3.8) is 0 Å². The van der Waals surface area contributed by atoms with Gasteiger partial charge in [0, 0.05) is 6.04 Å². The minimum Gasteiger partial charge on any atom is -0.328 e. The fraction of sp³-hybridized carbons (Fsp3) is 1.00. The van der Waals surface area contributed by atoms with Gasteiger partial charge in [-0.1, -0.05) is 26.2 Å². The van der Waals surface area contributed by atoms with Crippen LogP contribution in [0.1, 0.15) is 58.3 Å². The molecule has 0 aromatic heterocycles. The van der Waals surface area contributed by atoms with Crippen molar-refractivity contribution in [3.05, 3.63) is 0 Å². The lowest BCUT2D eigenvalue weighted by Crippen LogP contribution is -2.18. The van der Waals surface area contributed by atoms with E-state index in [1.807, 2.05) is 0 Å². The zero-order chi connectivity index (χ0) is 9.97. The number of hydrogen-bond acceptors (Lipinski definition) is 1. The van der Waals surface area contributed by atoms with Crippen molar-refractivity contribution in [1.29, 1.82) is 0 Å². The SMILES string of the molecule is CC1CCCC(CC2CCC(N)C2)C1. The highest BCUT2D eigenvalue weighted by Gasteiger charge is 2.26. The first-order valence-electron chi connectivity index (χ1n) is 6.49. The minimum atomic E-state index is 0.529. The first-order valence-corrected chi connectivity index (χ1v) is 6.49. The van der Waals surface area contributed by atoms with Gasteiger partial charge in [0.2, 0.25) is 0 Å². The topological polar surface area (TPSA) is 26.0 Å². The molecule has 2 N–H and O–H groups in total. The molecular weight excluding hydrogens is 170 g/mol. The third-order valence-electron chi connectivity index (χ3n) is 4.29. The summed E-state index contributed by atoms with van der Waals surface area (Å²) in [5, 5.41) is 0. The van der Waals surface area contributed by atoms with Crippen molar-refractivity contribution in [2.45, 2.75) is 64.3 Å². The van der Waals surface area contributed by atoms with Crippen LogP contribution in [-0.2, 0) is 0 Å². The smallest absolute Gasteiger partial charge is 0.00415 e. The van der Waals surface area contributed by atoms with Crippen LogP contribution in [0.25, 0.3) is 0 Å². The molecule has 0 aliphatic heterocycles. The van der Waals surface area contributed by atoms with Crippen molar-refractivity contribution in [1.82, 2.24) is 0 Å². The van der Waals surface area contributed by atoms with E-state index in [1.165, 1.54) is 51.4 Å². The molecule has 1 heteroatoms. The summed E-state index contributed by atoms with van der Waals surface area (Å²) in [6.07, 6.45) is 11.4. The van der Waals surface area contributed by atoms with Crippen molar-refractivity contribution >= 4 is 0 Å². The zero-order valence-electron chi connectivity index (χ0n) is 9.54. The molecule has 0 radical (unpaired) electrons. The van der Waals surface area contributed by atoms with Gasteiger partial charge in [-0.05, 0) is 49.9 Å². The fourth-order valence-electron chi connectivity index (χ4n) is 3.57. The number of rotatable bonds is 2. The highest BCUT2D eigenvalue weighted by Crippen LogP contribution is 2.37. The Hall–Kier alpha value is -0.0400. The summed E-state index contributed by atoms with van der Waals surface area (Å²) in [5.74, 6) is 3.00. The van der Waals surface area contributed by atoms with Crippen LogP contribution in [0.5, 0.6) is 0 Å². The van der Waals surface area contributed by atoms with Crippen LogP contribution >= 0.6 is 0 Å². The normalized spacial score (nSPS) is 44.1. The standard InChI is InChI=1S/C13H25N/c1-10-3-2-4-11(7-10)8-12-5-6-13(14)9-12/h10-13H,2-9,14H2,1H3. The molecule has 1 nitrogen and oxygen atoms in total. The molecular formula is C13H25N. The van der Waals surface area contributed by atoms with Gasteiger partial charge in [-0.15, -0.1) is 0 Å². The molecule has 2 fully saturated rings. The van der Waals surface area contributed by atoms with Gasteiger partial charge in [-0.2, -0.15) is 0 Å². The van der Waals surface area contributed by atoms with Crippen LogP contribution < -0.4 is 5.73 Å². The maximum Gasteiger partial charge on any atom is 0.00415 e. The van der Waals surface area contributed by atoms with Gasteiger partial charge in [0.05, 0.1) is 0 Å². The van der Waals surface area contributed by atoms with Crippen molar-refractivity contribution in [3.8, 4) is 0 Å². The molecule has 4 unspecified atom stereocenters. The van der Waals surface area contributed by atoms with E-state index in [4.69, 9.17) is 5.73 Å². The molecule has 0 aromatic rings. The maximum absolute atomic E-state index is 5.96. The Morgan fingerprint density at radius 1 is 1.00 bits per heavy atom. The van der Waals surface area contributed by atoms with E-state index in [-0.39, 0.29) is 0 Å². The molecule has 2 saturated carbocycles. The second kappa shape index (κ2) is 4.65. The zero-order valence-corrected chi connectivity index (χ0v) is 9.54. The Morgan fingerprint density at radius 2 is 1.79 bits per heavy atom. The first kappa shape index (κ1) is 10.5. The molecule has 0 bridgehead atoms. The first-order chi connectivity index (χ1) is 6.74. The lowest BCUT2D eigenvalue weighted by Gasteiger charge is -2.28. The summed E-state index contributed by atoms with van der Waals surface area (Å²) >= 11 is 0. The van der Waals surface area contributed by atoms with Gasteiger partial charge in [-0.25, -0.2) is 0 Å². The second-order valence-electron chi connectivity index (χ2n) is 5.81. The second-order valence-corrected chi connectivity index (χ2v) is 5.81. The highest BCUT2D eigenvalue weighted by atomic mass is 14.6. The van der Waals surface area contributed by atoms with Gasteiger partial charge in [-0.3, -0.25) is 0 Å². The molecule has 0 spiro atoms. The lowest BCUT2D eigenvalue weighted by molar-refractivity contribution is 0.238. The van der Waals surface area contributed by atoms with Crippen LogP contribution in [0.4, 0.5) is 0 Å². The largest absolute Gasteiger partial charge is 0.328 e. The summed E-state index contributed by atoms with van der Waals surface area (Å²) in [7, 11) is 0. The molecule has 0 aromatic carbocycles. The molecule has 2 aliphatic rings. The fourth-order valence-corrected chi connectivity index (χ4v) is 3.57. The Morgan fingerprint density at radius 3 is 2.43 bits per heavy atom. The molecule has 14 heavy (non-hydrogen) atoms. The van der Waals surface area contributed by atoms with E-state index in [9.17, 15) is 0 Å². The number of nitrogens with two attached hydrogens (primary N) is 1. The number of hydrogen-bond donors (Lipinski definition) is 1. The van der Waals surface area contributed by atoms with Crippen LogP contribution in [0.15, 0.2) is 0 Å². The van der Waals surface area contributed by atoms with Crippen molar-refractivity contribution in [2.24, 2.45) is 23.5 Å². The van der Waals surface area contributed by atoms with Gasteiger partial charge in [0.15, 0.2) is 0 Å². The summed E-state index contributed by atoms with van der Waals surface area (Å²) in [6, 6.07) is 0.529. The monoisotopic (exact) mass is 195 g/mol. The third kappa shape index (κ3) is 2.73. The van der Waals surface area contributed by atoms with E-state index >= 15 is 0 Å². The lowest BCUT2D eigenvalue weighted by atomic mass is 9.78. The van der Waals surface area contributed by atoms with Gasteiger partial charge in [0.25, 0.3) is 0 Å². The Kier molecular flexibility index (Phi) is 3.48. The Balaban J connectivity index is 1.74. The van der Waals surface area contributed by atoms with Crippen LogP contribution in [0.2, 0.25) is 0 Å². The Labute approximate surface area is 88.4 Å². The molecule has 2 rings (SSSR count). The quantitative estimate of drug-likeness (QED) is 0.718. The Bertz CT molecular complexity index is 178. The van der Waals surface area contributed by atoms with Gasteiger partial charge in [0.1, 0.15) is 0 Å². The molecule has 0 heterocycles. The average Bonchev–Trinajstić information content (AvgIpc) is 2.51.